The average molecular weight is 440 g/mol. The highest BCUT2D eigenvalue weighted by Gasteiger charge is 2.26. The maximum atomic E-state index is 5.75. The Kier molecular flexibility index (Phi) is 7.61. The largest absolute Gasteiger partial charge is 0.376 e. The molecule has 2 atom stereocenters. The highest BCUT2D eigenvalue weighted by molar-refractivity contribution is 7.10. The molecule has 0 saturated carbocycles. The molecular weight excluding hydrogens is 406 g/mol. The smallest absolute Gasteiger partial charge is 0.191 e. The first-order chi connectivity index (χ1) is 15.2. The molecule has 3 heterocycles. The lowest BCUT2D eigenvalue weighted by Gasteiger charge is -2.37. The molecule has 0 amide bonds. The van der Waals surface area contributed by atoms with Crippen molar-refractivity contribution in [2.75, 3.05) is 51.3 Å². The molecule has 6 nitrogen and oxygen atoms in total. The third-order valence-corrected chi connectivity index (χ3v) is 6.82. The first-order valence-corrected chi connectivity index (χ1v) is 11.9. The maximum Gasteiger partial charge on any atom is 0.191 e. The van der Waals surface area contributed by atoms with Crippen LogP contribution in [0.25, 0.3) is 0 Å². The molecule has 2 aliphatic heterocycles. The van der Waals surface area contributed by atoms with E-state index in [4.69, 9.17) is 4.74 Å². The second kappa shape index (κ2) is 10.8. The van der Waals surface area contributed by atoms with Crippen molar-refractivity contribution in [3.63, 3.8) is 0 Å². The number of morpholine rings is 1. The lowest BCUT2D eigenvalue weighted by molar-refractivity contribution is -0.0334. The van der Waals surface area contributed by atoms with Gasteiger partial charge in [0, 0.05) is 56.9 Å². The second-order valence-corrected chi connectivity index (χ2v) is 9.04. The van der Waals surface area contributed by atoms with Crippen LogP contribution in [0.3, 0.4) is 0 Å². The number of hydrogen-bond acceptors (Lipinski definition) is 5. The molecule has 1 saturated heterocycles. The summed E-state index contributed by atoms with van der Waals surface area (Å²) in [7, 11) is 1.83. The fraction of sp³-hybridized carbons (Fsp3) is 0.458. The van der Waals surface area contributed by atoms with Crippen molar-refractivity contribution in [1.82, 2.24) is 15.5 Å². The van der Waals surface area contributed by atoms with E-state index in [1.165, 1.54) is 16.1 Å². The van der Waals surface area contributed by atoms with Crippen molar-refractivity contribution in [2.45, 2.75) is 25.6 Å². The lowest BCUT2D eigenvalue weighted by atomic mass is 10.1. The number of rotatable bonds is 7. The lowest BCUT2D eigenvalue weighted by Crippen LogP contribution is -2.47. The second-order valence-electron chi connectivity index (χ2n) is 8.06. The Morgan fingerprint density at radius 2 is 2.00 bits per heavy atom. The summed E-state index contributed by atoms with van der Waals surface area (Å²) in [6.07, 6.45) is 4.70. The summed E-state index contributed by atoms with van der Waals surface area (Å²) in [4.78, 5) is 10.7. The highest BCUT2D eigenvalue weighted by atomic mass is 32.1. The van der Waals surface area contributed by atoms with E-state index in [9.17, 15) is 0 Å². The predicted octanol–water partition coefficient (Wildman–Crippen LogP) is 3.25. The van der Waals surface area contributed by atoms with Crippen molar-refractivity contribution >= 4 is 23.0 Å². The third-order valence-electron chi connectivity index (χ3n) is 5.85. The van der Waals surface area contributed by atoms with Crippen LogP contribution in [0.4, 0.5) is 5.69 Å². The summed E-state index contributed by atoms with van der Waals surface area (Å²) in [6, 6.07) is 13.5. The normalized spacial score (nSPS) is 20.8. The first kappa shape index (κ1) is 21.9. The zero-order valence-corrected chi connectivity index (χ0v) is 19.3. The standard InChI is InChI=1S/C24H33N5OS/c1-19-18-29(13-14-30-19)22(23-6-5-15-31-23)17-27-24(25-2)26-16-20-7-9-21(10-8-20)28-11-3-4-12-28/h3-10,15,19,22H,11-14,16-18H2,1-2H3,(H2,25,26,27). The molecule has 2 aromatic rings. The monoisotopic (exact) mass is 439 g/mol. The molecule has 1 aromatic carbocycles. The SMILES string of the molecule is CN=C(NCc1ccc(N2CC=CC2)cc1)NCC(c1cccs1)N1CCOC(C)C1. The van der Waals surface area contributed by atoms with Crippen LogP contribution < -0.4 is 15.5 Å². The van der Waals surface area contributed by atoms with E-state index in [1.54, 1.807) is 0 Å². The van der Waals surface area contributed by atoms with E-state index in [2.05, 4.69) is 86.3 Å². The quantitative estimate of drug-likeness (QED) is 0.394. The van der Waals surface area contributed by atoms with Gasteiger partial charge in [-0.25, -0.2) is 0 Å². The van der Waals surface area contributed by atoms with E-state index in [0.29, 0.717) is 6.04 Å². The van der Waals surface area contributed by atoms with Crippen LogP contribution in [-0.2, 0) is 11.3 Å². The number of nitrogens with one attached hydrogen (secondary N) is 2. The Hall–Kier alpha value is -2.35. The van der Waals surface area contributed by atoms with Crippen molar-refractivity contribution in [3.05, 3.63) is 64.4 Å². The van der Waals surface area contributed by atoms with Gasteiger partial charge in [-0.1, -0.05) is 30.4 Å². The number of nitrogens with zero attached hydrogens (tertiary/aromatic N) is 3. The van der Waals surface area contributed by atoms with Gasteiger partial charge in [-0.05, 0) is 36.1 Å². The van der Waals surface area contributed by atoms with Crippen LogP contribution in [0.15, 0.2) is 58.9 Å². The van der Waals surface area contributed by atoms with Crippen molar-refractivity contribution in [2.24, 2.45) is 4.99 Å². The van der Waals surface area contributed by atoms with E-state index in [-0.39, 0.29) is 6.10 Å². The molecule has 7 heteroatoms. The van der Waals surface area contributed by atoms with E-state index < -0.39 is 0 Å². The number of ether oxygens (including phenoxy) is 1. The van der Waals surface area contributed by atoms with E-state index >= 15 is 0 Å². The Morgan fingerprint density at radius 3 is 2.68 bits per heavy atom. The average Bonchev–Trinajstić information content (AvgIpc) is 3.51. The number of anilines is 1. The molecule has 2 N–H and O–H groups in total. The molecule has 2 aliphatic rings. The molecule has 31 heavy (non-hydrogen) atoms. The molecule has 166 valence electrons. The van der Waals surface area contributed by atoms with Crippen LogP contribution in [-0.4, -0.2) is 63.3 Å². The fourth-order valence-corrected chi connectivity index (χ4v) is 4.99. The molecule has 2 unspecified atom stereocenters. The van der Waals surface area contributed by atoms with Gasteiger partial charge in [0.1, 0.15) is 0 Å². The highest BCUT2D eigenvalue weighted by Crippen LogP contribution is 2.26. The van der Waals surface area contributed by atoms with Crippen LogP contribution in [0.2, 0.25) is 0 Å². The van der Waals surface area contributed by atoms with Gasteiger partial charge in [-0.3, -0.25) is 9.89 Å². The van der Waals surface area contributed by atoms with Gasteiger partial charge in [0.2, 0.25) is 0 Å². The van der Waals surface area contributed by atoms with Gasteiger partial charge in [0.15, 0.2) is 5.96 Å². The summed E-state index contributed by atoms with van der Waals surface area (Å²) in [5.74, 6) is 0.829. The van der Waals surface area contributed by atoms with Gasteiger partial charge >= 0.3 is 0 Å². The van der Waals surface area contributed by atoms with Crippen molar-refractivity contribution < 1.29 is 4.74 Å². The number of guanidine groups is 1. The van der Waals surface area contributed by atoms with Gasteiger partial charge in [-0.2, -0.15) is 0 Å². The van der Waals surface area contributed by atoms with Crippen molar-refractivity contribution in [1.29, 1.82) is 0 Å². The summed E-state index contributed by atoms with van der Waals surface area (Å²) >= 11 is 1.82. The molecular formula is C24H33N5OS. The van der Waals surface area contributed by atoms with Crippen LogP contribution in [0.5, 0.6) is 0 Å². The molecule has 4 rings (SSSR count). The Bertz CT molecular complexity index is 857. The molecule has 1 fully saturated rings. The summed E-state index contributed by atoms with van der Waals surface area (Å²) in [5.41, 5.74) is 2.52. The number of aliphatic imine (C=N–C) groups is 1. The summed E-state index contributed by atoms with van der Waals surface area (Å²) in [5, 5.41) is 9.16. The Labute approximate surface area is 189 Å². The topological polar surface area (TPSA) is 52.1 Å². The van der Waals surface area contributed by atoms with Gasteiger partial charge < -0.3 is 20.3 Å². The first-order valence-electron chi connectivity index (χ1n) is 11.1. The molecule has 0 bridgehead atoms. The third kappa shape index (κ3) is 5.87. The zero-order valence-electron chi connectivity index (χ0n) is 18.5. The molecule has 0 spiro atoms. The predicted molar refractivity (Wildman–Crippen MR) is 130 cm³/mol. The number of benzene rings is 1. The Morgan fingerprint density at radius 1 is 1.19 bits per heavy atom. The van der Waals surface area contributed by atoms with Crippen LogP contribution in [0, 0.1) is 0 Å². The Balaban J connectivity index is 1.31. The van der Waals surface area contributed by atoms with E-state index in [0.717, 1.165) is 51.8 Å². The van der Waals surface area contributed by atoms with Gasteiger partial charge in [-0.15, -0.1) is 11.3 Å². The summed E-state index contributed by atoms with van der Waals surface area (Å²) < 4.78 is 5.75. The van der Waals surface area contributed by atoms with Crippen molar-refractivity contribution in [3.8, 4) is 0 Å². The van der Waals surface area contributed by atoms with E-state index in [1.807, 2.05) is 18.4 Å². The summed E-state index contributed by atoms with van der Waals surface area (Å²) in [6.45, 7) is 8.42. The fourth-order valence-electron chi connectivity index (χ4n) is 4.13. The number of thiophene rings is 1. The minimum Gasteiger partial charge on any atom is -0.376 e. The number of hydrogen-bond donors (Lipinski definition) is 2. The van der Waals surface area contributed by atoms with Gasteiger partial charge in [0.05, 0.1) is 18.8 Å². The molecule has 1 aromatic heterocycles. The minimum atomic E-state index is 0.271. The zero-order chi connectivity index (χ0) is 21.5. The molecule has 0 radical (unpaired) electrons. The molecule has 0 aliphatic carbocycles. The maximum absolute atomic E-state index is 5.75. The minimum absolute atomic E-state index is 0.271. The van der Waals surface area contributed by atoms with Crippen LogP contribution >= 0.6 is 11.3 Å². The van der Waals surface area contributed by atoms with Gasteiger partial charge in [0.25, 0.3) is 0 Å². The van der Waals surface area contributed by atoms with Crippen LogP contribution in [0.1, 0.15) is 23.4 Å².